The molecule has 0 radical (unpaired) electrons. The number of thiazole rings is 1. The second-order valence-electron chi connectivity index (χ2n) is 7.54. The van der Waals surface area contributed by atoms with Crippen LogP contribution in [-0.4, -0.2) is 51.9 Å². The van der Waals surface area contributed by atoms with Gasteiger partial charge in [-0.3, -0.25) is 14.7 Å². The Morgan fingerprint density at radius 3 is 2.73 bits per heavy atom. The van der Waals surface area contributed by atoms with Crippen LogP contribution in [0.25, 0.3) is 0 Å². The van der Waals surface area contributed by atoms with E-state index in [0.29, 0.717) is 5.92 Å². The van der Waals surface area contributed by atoms with Crippen LogP contribution in [0.5, 0.6) is 0 Å². The van der Waals surface area contributed by atoms with Gasteiger partial charge in [0.1, 0.15) is 4.88 Å². The molecule has 5 nitrogen and oxygen atoms in total. The highest BCUT2D eigenvalue weighted by Gasteiger charge is 2.34. The maximum atomic E-state index is 12.7. The van der Waals surface area contributed by atoms with Gasteiger partial charge in [0, 0.05) is 32.0 Å². The number of hydrogen-bond donors (Lipinski definition) is 0. The summed E-state index contributed by atoms with van der Waals surface area (Å²) in [5.74, 6) is 1.59. The third-order valence-electron chi connectivity index (χ3n) is 5.88. The molecule has 4 rings (SSSR count). The van der Waals surface area contributed by atoms with Crippen LogP contribution in [0.15, 0.2) is 30.0 Å². The van der Waals surface area contributed by atoms with Crippen LogP contribution in [0.3, 0.4) is 0 Å². The van der Waals surface area contributed by atoms with Gasteiger partial charge in [-0.15, -0.1) is 11.3 Å². The number of carbonyl (C=O) groups is 1. The molecule has 2 aromatic rings. The molecule has 1 atom stereocenters. The van der Waals surface area contributed by atoms with Gasteiger partial charge in [0.2, 0.25) is 0 Å². The predicted molar refractivity (Wildman–Crippen MR) is 103 cm³/mol. The molecule has 0 saturated carbocycles. The Morgan fingerprint density at radius 2 is 2.04 bits per heavy atom. The molecule has 26 heavy (non-hydrogen) atoms. The average molecular weight is 371 g/mol. The van der Waals surface area contributed by atoms with E-state index in [1.54, 1.807) is 5.51 Å². The summed E-state index contributed by atoms with van der Waals surface area (Å²) in [6, 6.07) is 4.16. The number of pyridine rings is 1. The lowest BCUT2D eigenvalue weighted by molar-refractivity contribution is 0.0776. The van der Waals surface area contributed by atoms with E-state index in [0.717, 1.165) is 55.6 Å². The zero-order chi connectivity index (χ0) is 17.9. The van der Waals surface area contributed by atoms with Crippen LogP contribution in [0.1, 0.15) is 40.2 Å². The van der Waals surface area contributed by atoms with Gasteiger partial charge in [0.25, 0.3) is 5.91 Å². The van der Waals surface area contributed by atoms with E-state index in [9.17, 15) is 4.79 Å². The zero-order valence-electron chi connectivity index (χ0n) is 15.3. The summed E-state index contributed by atoms with van der Waals surface area (Å²) in [6.07, 6.45) is 7.43. The van der Waals surface area contributed by atoms with Crippen molar-refractivity contribution in [2.24, 2.45) is 11.8 Å². The molecule has 0 aliphatic carbocycles. The molecule has 1 unspecified atom stereocenters. The number of piperidine rings is 1. The van der Waals surface area contributed by atoms with Crippen molar-refractivity contribution in [1.29, 1.82) is 0 Å². The highest BCUT2D eigenvalue weighted by atomic mass is 32.1. The predicted octanol–water partition coefficient (Wildman–Crippen LogP) is 3.22. The molecule has 2 aliphatic heterocycles. The van der Waals surface area contributed by atoms with Gasteiger partial charge in [-0.05, 0) is 62.7 Å². The number of amides is 1. The topological polar surface area (TPSA) is 49.3 Å². The summed E-state index contributed by atoms with van der Waals surface area (Å²) >= 11 is 1.47. The molecule has 2 saturated heterocycles. The summed E-state index contributed by atoms with van der Waals surface area (Å²) in [6.45, 7) is 7.05. The second-order valence-corrected chi connectivity index (χ2v) is 8.40. The van der Waals surface area contributed by atoms with Gasteiger partial charge in [-0.2, -0.15) is 0 Å². The van der Waals surface area contributed by atoms with Crippen LogP contribution >= 0.6 is 11.3 Å². The summed E-state index contributed by atoms with van der Waals surface area (Å²) in [7, 11) is 0. The Bertz CT molecular complexity index is 739. The first-order chi connectivity index (χ1) is 12.7. The maximum absolute atomic E-state index is 12.7. The Morgan fingerprint density at radius 1 is 1.23 bits per heavy atom. The summed E-state index contributed by atoms with van der Waals surface area (Å²) in [5.41, 5.74) is 3.93. The first kappa shape index (κ1) is 17.6. The molecule has 2 fully saturated rings. The van der Waals surface area contributed by atoms with Crippen molar-refractivity contribution in [3.05, 3.63) is 46.2 Å². The molecule has 138 valence electrons. The van der Waals surface area contributed by atoms with Gasteiger partial charge < -0.3 is 4.90 Å². The molecule has 2 aliphatic rings. The Kier molecular flexibility index (Phi) is 5.31. The molecule has 2 aromatic heterocycles. The number of hydrogen-bond acceptors (Lipinski definition) is 5. The highest BCUT2D eigenvalue weighted by molar-refractivity contribution is 7.11. The fourth-order valence-electron chi connectivity index (χ4n) is 4.34. The Hall–Kier alpha value is -1.79. The van der Waals surface area contributed by atoms with Crippen molar-refractivity contribution < 1.29 is 4.79 Å². The van der Waals surface area contributed by atoms with Gasteiger partial charge in [0.05, 0.1) is 11.2 Å². The molecule has 1 amide bonds. The van der Waals surface area contributed by atoms with Crippen molar-refractivity contribution in [2.75, 3.05) is 26.2 Å². The quantitative estimate of drug-likeness (QED) is 0.829. The SMILES string of the molecule is Cc1ncsc1C(=O)N1CCC(C2CCN(Cc3cccnc3)CC2)C1. The van der Waals surface area contributed by atoms with Gasteiger partial charge in [-0.25, -0.2) is 4.98 Å². The lowest BCUT2D eigenvalue weighted by atomic mass is 9.83. The summed E-state index contributed by atoms with van der Waals surface area (Å²) in [5, 5.41) is 0. The lowest BCUT2D eigenvalue weighted by Gasteiger charge is -2.34. The third kappa shape index (κ3) is 3.81. The van der Waals surface area contributed by atoms with E-state index >= 15 is 0 Å². The molecule has 0 aromatic carbocycles. The number of likely N-dealkylation sites (tertiary alicyclic amines) is 2. The standard InChI is InChI=1S/C20H26N4OS/c1-15-19(26-14-22-15)20(25)24-10-6-18(13-24)17-4-8-23(9-5-17)12-16-3-2-7-21-11-16/h2-3,7,11,14,17-18H,4-6,8-10,12-13H2,1H3. The van der Waals surface area contributed by atoms with Crippen molar-refractivity contribution in [1.82, 2.24) is 19.8 Å². The lowest BCUT2D eigenvalue weighted by Crippen LogP contribution is -2.37. The van der Waals surface area contributed by atoms with Crippen LogP contribution in [-0.2, 0) is 6.54 Å². The minimum atomic E-state index is 0.182. The van der Waals surface area contributed by atoms with Gasteiger partial charge in [-0.1, -0.05) is 6.07 Å². The molecular formula is C20H26N4OS. The average Bonchev–Trinajstić information content (AvgIpc) is 3.32. The first-order valence-electron chi connectivity index (χ1n) is 9.51. The minimum Gasteiger partial charge on any atom is -0.338 e. The van der Waals surface area contributed by atoms with Crippen LogP contribution in [0, 0.1) is 18.8 Å². The van der Waals surface area contributed by atoms with E-state index in [4.69, 9.17) is 0 Å². The highest BCUT2D eigenvalue weighted by Crippen LogP contribution is 2.33. The summed E-state index contributed by atoms with van der Waals surface area (Å²) in [4.78, 5) is 26.5. The monoisotopic (exact) mass is 370 g/mol. The fourth-order valence-corrected chi connectivity index (χ4v) is 5.11. The number of aryl methyl sites for hydroxylation is 1. The smallest absolute Gasteiger partial charge is 0.265 e. The second kappa shape index (κ2) is 7.84. The first-order valence-corrected chi connectivity index (χ1v) is 10.4. The normalized spacial score (nSPS) is 22.0. The zero-order valence-corrected chi connectivity index (χ0v) is 16.1. The van der Waals surface area contributed by atoms with Crippen LogP contribution in [0.2, 0.25) is 0 Å². The maximum Gasteiger partial charge on any atom is 0.265 e. The van der Waals surface area contributed by atoms with Crippen molar-refractivity contribution in [3.8, 4) is 0 Å². The summed E-state index contributed by atoms with van der Waals surface area (Å²) < 4.78 is 0. The number of carbonyl (C=O) groups excluding carboxylic acids is 1. The number of aromatic nitrogens is 2. The van der Waals surface area contributed by atoms with E-state index < -0.39 is 0 Å². The number of rotatable bonds is 4. The van der Waals surface area contributed by atoms with Crippen molar-refractivity contribution >= 4 is 17.2 Å². The van der Waals surface area contributed by atoms with Crippen LogP contribution in [0.4, 0.5) is 0 Å². The van der Waals surface area contributed by atoms with E-state index in [2.05, 4.69) is 20.9 Å². The molecule has 4 heterocycles. The van der Waals surface area contributed by atoms with E-state index in [1.165, 1.54) is 29.7 Å². The molecule has 0 spiro atoms. The van der Waals surface area contributed by atoms with Crippen molar-refractivity contribution in [3.63, 3.8) is 0 Å². The van der Waals surface area contributed by atoms with Gasteiger partial charge in [0.15, 0.2) is 0 Å². The molecular weight excluding hydrogens is 344 g/mol. The fraction of sp³-hybridized carbons (Fsp3) is 0.550. The van der Waals surface area contributed by atoms with Crippen LogP contribution < -0.4 is 0 Å². The molecule has 6 heteroatoms. The molecule has 0 bridgehead atoms. The Labute approximate surface area is 159 Å². The largest absolute Gasteiger partial charge is 0.338 e. The van der Waals surface area contributed by atoms with Gasteiger partial charge >= 0.3 is 0 Å². The van der Waals surface area contributed by atoms with E-state index in [1.807, 2.05) is 30.3 Å². The molecule has 0 N–H and O–H groups in total. The number of nitrogens with zero attached hydrogens (tertiary/aromatic N) is 4. The minimum absolute atomic E-state index is 0.182. The third-order valence-corrected chi connectivity index (χ3v) is 6.80. The Balaban J connectivity index is 1.28. The van der Waals surface area contributed by atoms with Crippen molar-refractivity contribution in [2.45, 2.75) is 32.7 Å². The van der Waals surface area contributed by atoms with E-state index in [-0.39, 0.29) is 5.91 Å².